The number of carbonyl (C=O) groups excluding carboxylic acids is 4. The summed E-state index contributed by atoms with van der Waals surface area (Å²) in [6, 6.07) is 0. The van der Waals surface area contributed by atoms with Crippen LogP contribution in [0.25, 0.3) is 0 Å². The van der Waals surface area contributed by atoms with Gasteiger partial charge in [-0.1, -0.05) is 19.6 Å². The molecule has 4 rings (SSSR count). The molecule has 4 aliphatic rings. The van der Waals surface area contributed by atoms with Gasteiger partial charge in [0.15, 0.2) is 11.7 Å². The quantitative estimate of drug-likeness (QED) is 0.245. The van der Waals surface area contributed by atoms with E-state index in [4.69, 9.17) is 35.3 Å². The normalized spacial score (nSPS) is 45.6. The number of halogens is 1. The number of fused-ring (bicyclic) bond motifs is 3. The van der Waals surface area contributed by atoms with Gasteiger partial charge < -0.3 is 28.8 Å². The standard InChI is InChI=1S/C26H33ClO10/c1-12-7-8-17(34-14(3)28)24(6)18(35-15(4)29)9-10-25(11-33-25)20(24)22(36-16(5)30)26(32)13(2)23(31)37-21(26)19(12)27/h7-8,13,17-22,32H,1,9-11H2,2-6H3/b8-7+/t13-,17-,18-,19-,20+,21-,22-,24-,25+,26-/m0/s1. The zero-order valence-corrected chi connectivity index (χ0v) is 22.3. The number of alkyl halides is 1. The summed E-state index contributed by atoms with van der Waals surface area (Å²) in [7, 11) is 0. The molecule has 2 aliphatic heterocycles. The molecule has 2 heterocycles. The fraction of sp³-hybridized carbons (Fsp3) is 0.692. The Morgan fingerprint density at radius 3 is 2.27 bits per heavy atom. The molecule has 0 bridgehead atoms. The first kappa shape index (κ1) is 27.6. The Balaban J connectivity index is 2.04. The lowest BCUT2D eigenvalue weighted by Gasteiger charge is -2.56. The van der Waals surface area contributed by atoms with Crippen LogP contribution in [0, 0.1) is 17.3 Å². The Kier molecular flexibility index (Phi) is 7.01. The number of aliphatic hydroxyl groups is 1. The van der Waals surface area contributed by atoms with E-state index < -0.39 is 82.1 Å². The van der Waals surface area contributed by atoms with Gasteiger partial charge >= 0.3 is 23.9 Å². The minimum absolute atomic E-state index is 0.259. The van der Waals surface area contributed by atoms with Crippen molar-refractivity contribution in [1.82, 2.24) is 0 Å². The first-order valence-corrected chi connectivity index (χ1v) is 12.7. The highest BCUT2D eigenvalue weighted by atomic mass is 35.5. The molecule has 1 saturated carbocycles. The van der Waals surface area contributed by atoms with Crippen LogP contribution < -0.4 is 0 Å². The molecule has 2 aliphatic carbocycles. The highest BCUT2D eigenvalue weighted by molar-refractivity contribution is 6.23. The molecule has 1 N–H and O–H groups in total. The summed E-state index contributed by atoms with van der Waals surface area (Å²) in [4.78, 5) is 49.9. The minimum atomic E-state index is -2.12. The van der Waals surface area contributed by atoms with Crippen molar-refractivity contribution in [1.29, 1.82) is 0 Å². The number of hydrogen-bond donors (Lipinski definition) is 1. The third kappa shape index (κ3) is 4.36. The topological polar surface area (TPSA) is 138 Å². The van der Waals surface area contributed by atoms with Crippen LogP contribution in [-0.4, -0.2) is 76.6 Å². The molecular weight excluding hydrogens is 508 g/mol. The molecule has 1 spiro atoms. The van der Waals surface area contributed by atoms with Crippen LogP contribution in [0.4, 0.5) is 0 Å². The van der Waals surface area contributed by atoms with E-state index in [2.05, 4.69) is 6.58 Å². The monoisotopic (exact) mass is 540 g/mol. The van der Waals surface area contributed by atoms with E-state index in [1.807, 2.05) is 0 Å². The highest BCUT2D eigenvalue weighted by Crippen LogP contribution is 2.62. The van der Waals surface area contributed by atoms with Gasteiger partial charge in [-0.3, -0.25) is 19.2 Å². The fourth-order valence-electron chi connectivity index (χ4n) is 6.49. The predicted octanol–water partition coefficient (Wildman–Crippen LogP) is 1.99. The first-order chi connectivity index (χ1) is 17.2. The maximum Gasteiger partial charge on any atom is 0.312 e. The van der Waals surface area contributed by atoms with E-state index in [1.54, 1.807) is 13.0 Å². The molecule has 0 aromatic carbocycles. The molecule has 10 nitrogen and oxygen atoms in total. The first-order valence-electron chi connectivity index (χ1n) is 12.3. The second-order valence-electron chi connectivity index (χ2n) is 10.7. The number of esters is 4. The van der Waals surface area contributed by atoms with Gasteiger partial charge in [-0.05, 0) is 31.4 Å². The van der Waals surface area contributed by atoms with Crippen molar-refractivity contribution in [3.05, 3.63) is 24.3 Å². The number of rotatable bonds is 3. The lowest BCUT2D eigenvalue weighted by molar-refractivity contribution is -0.238. The molecule has 37 heavy (non-hydrogen) atoms. The largest absolute Gasteiger partial charge is 0.462 e. The maximum atomic E-state index is 12.9. The average molecular weight is 541 g/mol. The van der Waals surface area contributed by atoms with Crippen LogP contribution in [0.1, 0.15) is 47.5 Å². The zero-order valence-electron chi connectivity index (χ0n) is 21.5. The van der Waals surface area contributed by atoms with Crippen molar-refractivity contribution in [2.45, 2.75) is 88.5 Å². The van der Waals surface area contributed by atoms with Crippen LogP contribution in [0.3, 0.4) is 0 Å². The third-order valence-electron chi connectivity index (χ3n) is 8.39. The van der Waals surface area contributed by atoms with Crippen molar-refractivity contribution in [3.8, 4) is 0 Å². The summed E-state index contributed by atoms with van der Waals surface area (Å²) in [5.74, 6) is -4.66. The molecule has 10 atom stereocenters. The molecule has 0 aromatic rings. The Bertz CT molecular complexity index is 1050. The van der Waals surface area contributed by atoms with Gasteiger partial charge in [0, 0.05) is 26.7 Å². The second kappa shape index (κ2) is 9.39. The highest BCUT2D eigenvalue weighted by Gasteiger charge is 2.75. The van der Waals surface area contributed by atoms with Crippen LogP contribution in [0.5, 0.6) is 0 Å². The van der Waals surface area contributed by atoms with Gasteiger partial charge in [0.05, 0.1) is 28.9 Å². The van der Waals surface area contributed by atoms with Crippen molar-refractivity contribution in [2.24, 2.45) is 17.3 Å². The molecule has 0 aromatic heterocycles. The zero-order chi connectivity index (χ0) is 27.5. The summed E-state index contributed by atoms with van der Waals surface area (Å²) in [5, 5.41) is 11.3. The maximum absolute atomic E-state index is 12.9. The molecular formula is C26H33ClO10. The van der Waals surface area contributed by atoms with Gasteiger partial charge in [0.2, 0.25) is 0 Å². The van der Waals surface area contributed by atoms with Crippen LogP contribution in [0.2, 0.25) is 0 Å². The van der Waals surface area contributed by atoms with Gasteiger partial charge in [0.1, 0.15) is 18.3 Å². The van der Waals surface area contributed by atoms with Gasteiger partial charge in [-0.15, -0.1) is 11.6 Å². The van der Waals surface area contributed by atoms with Crippen molar-refractivity contribution >= 4 is 35.5 Å². The summed E-state index contributed by atoms with van der Waals surface area (Å²) < 4.78 is 29.0. The number of hydrogen-bond acceptors (Lipinski definition) is 10. The van der Waals surface area contributed by atoms with E-state index in [1.165, 1.54) is 33.8 Å². The lowest BCUT2D eigenvalue weighted by atomic mass is 9.53. The van der Waals surface area contributed by atoms with Crippen LogP contribution in [0.15, 0.2) is 24.3 Å². The van der Waals surface area contributed by atoms with Crippen molar-refractivity contribution in [3.63, 3.8) is 0 Å². The summed E-state index contributed by atoms with van der Waals surface area (Å²) in [6.45, 7) is 11.1. The molecule has 0 unspecified atom stereocenters. The average Bonchev–Trinajstić information content (AvgIpc) is 3.53. The van der Waals surface area contributed by atoms with E-state index in [0.717, 1.165) is 0 Å². The number of ether oxygens (including phenoxy) is 5. The second-order valence-corrected chi connectivity index (χ2v) is 11.2. The van der Waals surface area contributed by atoms with Gasteiger partial charge in [0.25, 0.3) is 0 Å². The van der Waals surface area contributed by atoms with E-state index in [9.17, 15) is 24.3 Å². The molecule has 3 fully saturated rings. The van der Waals surface area contributed by atoms with E-state index >= 15 is 0 Å². The molecule has 204 valence electrons. The number of carbonyl (C=O) groups is 4. The van der Waals surface area contributed by atoms with E-state index in [0.29, 0.717) is 12.8 Å². The molecule has 2 saturated heterocycles. The van der Waals surface area contributed by atoms with Crippen LogP contribution in [-0.2, 0) is 42.9 Å². The summed E-state index contributed by atoms with van der Waals surface area (Å²) >= 11 is 6.70. The lowest BCUT2D eigenvalue weighted by Crippen LogP contribution is -2.70. The fourth-order valence-corrected chi connectivity index (χ4v) is 6.82. The number of epoxide rings is 1. The van der Waals surface area contributed by atoms with Crippen molar-refractivity contribution in [2.75, 3.05) is 6.61 Å². The minimum Gasteiger partial charge on any atom is -0.462 e. The predicted molar refractivity (Wildman–Crippen MR) is 128 cm³/mol. The SMILES string of the molecule is C=C1/C=C/[C@H](OC(C)=O)[C@@]2(C)[C@@H](OC(C)=O)CC[C@@]3(CO3)[C@@H]2[C@H](OC(C)=O)[C@]2(O)[C@@H](C)C(=O)O[C@H]2[C@H]1Cl. The summed E-state index contributed by atoms with van der Waals surface area (Å²) in [5.41, 5.74) is -4.05. The smallest absolute Gasteiger partial charge is 0.312 e. The Labute approximate surface area is 220 Å². The van der Waals surface area contributed by atoms with E-state index in [-0.39, 0.29) is 12.2 Å². The number of allylic oxidation sites excluding steroid dienone is 1. The molecule has 0 radical (unpaired) electrons. The summed E-state index contributed by atoms with van der Waals surface area (Å²) in [6.07, 6.45) is -0.716. The van der Waals surface area contributed by atoms with Crippen molar-refractivity contribution < 1.29 is 48.0 Å². The van der Waals surface area contributed by atoms with Gasteiger partial charge in [-0.25, -0.2) is 0 Å². The van der Waals surface area contributed by atoms with Gasteiger partial charge in [-0.2, -0.15) is 0 Å². The Hall–Kier alpha value is -2.43. The Morgan fingerprint density at radius 1 is 1.14 bits per heavy atom. The molecule has 0 amide bonds. The molecule has 11 heteroatoms. The Morgan fingerprint density at radius 2 is 1.73 bits per heavy atom. The third-order valence-corrected chi connectivity index (χ3v) is 8.90. The van der Waals surface area contributed by atoms with Crippen LogP contribution >= 0.6 is 11.6 Å².